The van der Waals surface area contributed by atoms with E-state index in [-0.39, 0.29) is 5.91 Å². The Morgan fingerprint density at radius 2 is 1.61 bits per heavy atom. The number of anilines is 2. The lowest BCUT2D eigenvalue weighted by molar-refractivity contribution is -0.111. The van der Waals surface area contributed by atoms with Crippen LogP contribution in [0.4, 0.5) is 11.4 Å². The maximum atomic E-state index is 12.3. The first-order valence-electron chi connectivity index (χ1n) is 10.7. The van der Waals surface area contributed by atoms with Crippen LogP contribution in [-0.2, 0) is 11.3 Å². The summed E-state index contributed by atoms with van der Waals surface area (Å²) >= 11 is 18.3. The Morgan fingerprint density at radius 3 is 2.30 bits per heavy atom. The number of benzene rings is 3. The molecule has 0 aromatic heterocycles. The van der Waals surface area contributed by atoms with Crippen LogP contribution < -0.4 is 10.2 Å². The fourth-order valence-electron chi connectivity index (χ4n) is 3.77. The first-order chi connectivity index (χ1) is 16.0. The molecule has 1 amide bonds. The summed E-state index contributed by atoms with van der Waals surface area (Å²) in [5.41, 5.74) is 3.79. The molecule has 7 heteroatoms. The van der Waals surface area contributed by atoms with Crippen LogP contribution >= 0.6 is 34.8 Å². The van der Waals surface area contributed by atoms with Crippen LogP contribution in [0.1, 0.15) is 11.1 Å². The molecular formula is C26H24Cl3N3O. The summed E-state index contributed by atoms with van der Waals surface area (Å²) < 4.78 is 0. The third kappa shape index (κ3) is 6.52. The van der Waals surface area contributed by atoms with Crippen molar-refractivity contribution in [3.05, 3.63) is 99.0 Å². The molecule has 0 saturated carbocycles. The molecule has 4 rings (SSSR count). The number of hydrogen-bond acceptors (Lipinski definition) is 3. The Kier molecular flexibility index (Phi) is 7.94. The number of halogens is 3. The maximum Gasteiger partial charge on any atom is 0.248 e. The van der Waals surface area contributed by atoms with Crippen LogP contribution in [0.5, 0.6) is 0 Å². The van der Waals surface area contributed by atoms with Gasteiger partial charge in [0, 0.05) is 65.2 Å². The largest absolute Gasteiger partial charge is 0.369 e. The first-order valence-corrected chi connectivity index (χ1v) is 11.9. The smallest absolute Gasteiger partial charge is 0.248 e. The summed E-state index contributed by atoms with van der Waals surface area (Å²) in [7, 11) is 0. The van der Waals surface area contributed by atoms with Crippen molar-refractivity contribution in [2.24, 2.45) is 0 Å². The van der Waals surface area contributed by atoms with Gasteiger partial charge in [-0.3, -0.25) is 9.69 Å². The lowest BCUT2D eigenvalue weighted by Crippen LogP contribution is -2.46. The predicted molar refractivity (Wildman–Crippen MR) is 140 cm³/mol. The van der Waals surface area contributed by atoms with E-state index in [0.717, 1.165) is 54.7 Å². The van der Waals surface area contributed by atoms with Gasteiger partial charge >= 0.3 is 0 Å². The highest BCUT2D eigenvalue weighted by atomic mass is 35.5. The quantitative estimate of drug-likeness (QED) is 0.386. The molecule has 1 heterocycles. The average Bonchev–Trinajstić information content (AvgIpc) is 2.81. The van der Waals surface area contributed by atoms with Crippen molar-refractivity contribution >= 4 is 58.2 Å². The summed E-state index contributed by atoms with van der Waals surface area (Å²) in [6.07, 6.45) is 3.13. The Hall–Kier alpha value is -2.50. The van der Waals surface area contributed by atoms with E-state index >= 15 is 0 Å². The Balaban J connectivity index is 1.28. The minimum absolute atomic E-state index is 0.220. The van der Waals surface area contributed by atoms with Gasteiger partial charge in [0.05, 0.1) is 0 Å². The molecule has 1 N–H and O–H groups in total. The van der Waals surface area contributed by atoms with Gasteiger partial charge in [-0.25, -0.2) is 0 Å². The molecule has 1 fully saturated rings. The van der Waals surface area contributed by atoms with E-state index in [9.17, 15) is 4.79 Å². The predicted octanol–water partition coefficient (Wildman–Crippen LogP) is 6.62. The second-order valence-corrected chi connectivity index (χ2v) is 9.14. The summed E-state index contributed by atoms with van der Waals surface area (Å²) in [6, 6.07) is 21.1. The van der Waals surface area contributed by atoms with Gasteiger partial charge in [-0.1, -0.05) is 59.1 Å². The van der Waals surface area contributed by atoms with Crippen molar-refractivity contribution in [3.63, 3.8) is 0 Å². The van der Waals surface area contributed by atoms with E-state index in [2.05, 4.69) is 21.2 Å². The molecule has 0 spiro atoms. The van der Waals surface area contributed by atoms with E-state index in [1.165, 1.54) is 11.6 Å². The zero-order valence-corrected chi connectivity index (χ0v) is 20.2. The lowest BCUT2D eigenvalue weighted by Gasteiger charge is -2.36. The van der Waals surface area contributed by atoms with Crippen molar-refractivity contribution in [3.8, 4) is 0 Å². The number of nitrogens with one attached hydrogen (secondary N) is 1. The van der Waals surface area contributed by atoms with Crippen molar-refractivity contribution in [1.82, 2.24) is 4.90 Å². The van der Waals surface area contributed by atoms with E-state index in [0.29, 0.717) is 10.0 Å². The number of nitrogens with zero attached hydrogens (tertiary/aromatic N) is 2. The number of hydrogen-bond donors (Lipinski definition) is 1. The van der Waals surface area contributed by atoms with Gasteiger partial charge in [0.1, 0.15) is 0 Å². The van der Waals surface area contributed by atoms with Crippen LogP contribution in [0.2, 0.25) is 15.1 Å². The van der Waals surface area contributed by atoms with E-state index in [4.69, 9.17) is 34.8 Å². The molecule has 1 aliphatic rings. The fourth-order valence-corrected chi connectivity index (χ4v) is 4.44. The lowest BCUT2D eigenvalue weighted by atomic mass is 10.2. The van der Waals surface area contributed by atoms with Gasteiger partial charge in [-0.05, 0) is 59.7 Å². The molecule has 170 valence electrons. The normalized spacial score (nSPS) is 14.6. The Bertz CT molecular complexity index is 1140. The zero-order valence-electron chi connectivity index (χ0n) is 18.0. The number of amides is 1. The molecular weight excluding hydrogens is 477 g/mol. The second-order valence-electron chi connectivity index (χ2n) is 7.89. The van der Waals surface area contributed by atoms with Crippen molar-refractivity contribution in [1.29, 1.82) is 0 Å². The van der Waals surface area contributed by atoms with Gasteiger partial charge in [0.15, 0.2) is 0 Å². The molecule has 33 heavy (non-hydrogen) atoms. The molecule has 0 aliphatic carbocycles. The molecule has 3 aromatic carbocycles. The zero-order chi connectivity index (χ0) is 23.2. The molecule has 3 aromatic rings. The molecule has 0 radical (unpaired) electrons. The van der Waals surface area contributed by atoms with Gasteiger partial charge in [0.2, 0.25) is 5.91 Å². The standard InChI is InChI=1S/C26H24Cl3N3O/c27-21-7-5-19(25(29)17-21)6-12-26(33)30-22-8-10-23(11-9-22)32-15-13-31(14-16-32)18-20-3-1-2-4-24(20)28/h1-12,17H,13-16,18H2,(H,30,33)/b12-6+. The van der Waals surface area contributed by atoms with Gasteiger partial charge < -0.3 is 10.2 Å². The number of carbonyl (C=O) groups excluding carboxylic acids is 1. The number of carbonyl (C=O) groups is 1. The third-order valence-electron chi connectivity index (χ3n) is 5.60. The van der Waals surface area contributed by atoms with Gasteiger partial charge in [-0.15, -0.1) is 0 Å². The van der Waals surface area contributed by atoms with Crippen LogP contribution in [-0.4, -0.2) is 37.0 Å². The Labute approximate surface area is 209 Å². The van der Waals surface area contributed by atoms with Crippen molar-refractivity contribution in [2.75, 3.05) is 36.4 Å². The molecule has 4 nitrogen and oxygen atoms in total. The first kappa shape index (κ1) is 23.7. The van der Waals surface area contributed by atoms with Crippen LogP contribution in [0.3, 0.4) is 0 Å². The SMILES string of the molecule is O=C(/C=C/c1ccc(Cl)cc1Cl)Nc1ccc(N2CCN(Cc3ccccc3Cl)CC2)cc1. The molecule has 1 saturated heterocycles. The van der Waals surface area contributed by atoms with E-state index in [1.807, 2.05) is 42.5 Å². The summed E-state index contributed by atoms with van der Waals surface area (Å²) in [4.78, 5) is 17.0. The number of rotatable bonds is 6. The van der Waals surface area contributed by atoms with E-state index < -0.39 is 0 Å². The second kappa shape index (κ2) is 11.1. The fraction of sp³-hybridized carbons (Fsp3) is 0.192. The molecule has 0 unspecified atom stereocenters. The third-order valence-corrected chi connectivity index (χ3v) is 6.53. The van der Waals surface area contributed by atoms with Gasteiger partial charge in [0.25, 0.3) is 0 Å². The minimum Gasteiger partial charge on any atom is -0.369 e. The van der Waals surface area contributed by atoms with Crippen LogP contribution in [0.15, 0.2) is 72.8 Å². The summed E-state index contributed by atoms with van der Waals surface area (Å²) in [5.74, 6) is -0.220. The van der Waals surface area contributed by atoms with Crippen molar-refractivity contribution < 1.29 is 4.79 Å². The monoisotopic (exact) mass is 499 g/mol. The Morgan fingerprint density at radius 1 is 0.879 bits per heavy atom. The van der Waals surface area contributed by atoms with Crippen LogP contribution in [0.25, 0.3) is 6.08 Å². The van der Waals surface area contributed by atoms with Crippen LogP contribution in [0, 0.1) is 0 Å². The number of piperazine rings is 1. The maximum absolute atomic E-state index is 12.3. The van der Waals surface area contributed by atoms with Crippen molar-refractivity contribution in [2.45, 2.75) is 6.54 Å². The summed E-state index contributed by atoms with van der Waals surface area (Å²) in [5, 5.41) is 4.76. The minimum atomic E-state index is -0.220. The topological polar surface area (TPSA) is 35.6 Å². The molecule has 0 bridgehead atoms. The molecule has 0 atom stereocenters. The highest BCUT2D eigenvalue weighted by Crippen LogP contribution is 2.23. The highest BCUT2D eigenvalue weighted by molar-refractivity contribution is 6.35. The highest BCUT2D eigenvalue weighted by Gasteiger charge is 2.18. The average molecular weight is 501 g/mol. The summed E-state index contributed by atoms with van der Waals surface area (Å²) in [6.45, 7) is 4.71. The van der Waals surface area contributed by atoms with Gasteiger partial charge in [-0.2, -0.15) is 0 Å². The van der Waals surface area contributed by atoms with E-state index in [1.54, 1.807) is 24.3 Å². The molecule has 1 aliphatic heterocycles.